The van der Waals surface area contributed by atoms with E-state index in [1.165, 1.54) is 27.8 Å². The number of benzene rings is 2. The highest BCUT2D eigenvalue weighted by molar-refractivity contribution is 6.04. The Bertz CT molecular complexity index is 914. The Kier molecular flexibility index (Phi) is 3.66. The molecule has 0 bridgehead atoms. The average molecular weight is 345 g/mol. The van der Waals surface area contributed by atoms with Crippen molar-refractivity contribution in [1.82, 2.24) is 0 Å². The molecule has 0 spiro atoms. The lowest BCUT2D eigenvalue weighted by molar-refractivity contribution is -0.117. The Hall–Kier alpha value is -2.35. The van der Waals surface area contributed by atoms with Gasteiger partial charge >= 0.3 is 0 Å². The van der Waals surface area contributed by atoms with Gasteiger partial charge in [0.05, 0.1) is 11.2 Å². The minimum Gasteiger partial charge on any atom is -0.302 e. The van der Waals surface area contributed by atoms with Crippen molar-refractivity contribution in [3.05, 3.63) is 70.8 Å². The number of fused-ring (bicyclic) bond motifs is 3. The zero-order chi connectivity index (χ0) is 18.7. The van der Waals surface area contributed by atoms with E-state index in [1.807, 2.05) is 4.90 Å². The molecule has 4 rings (SSSR count). The van der Waals surface area contributed by atoms with Crippen LogP contribution < -0.4 is 4.90 Å². The van der Waals surface area contributed by atoms with Gasteiger partial charge in [0.2, 0.25) is 5.91 Å². The van der Waals surface area contributed by atoms with Gasteiger partial charge in [-0.3, -0.25) is 4.79 Å². The first kappa shape index (κ1) is 17.1. The van der Waals surface area contributed by atoms with E-state index in [4.69, 9.17) is 0 Å². The molecule has 1 saturated heterocycles. The summed E-state index contributed by atoms with van der Waals surface area (Å²) in [5.74, 6) is 0.232. The Morgan fingerprint density at radius 1 is 1.04 bits per heavy atom. The first-order valence-electron chi connectivity index (χ1n) is 9.47. The average Bonchev–Trinajstić information content (AvgIpc) is 2.89. The molecule has 2 heteroatoms. The van der Waals surface area contributed by atoms with Gasteiger partial charge < -0.3 is 4.90 Å². The molecule has 2 aromatic carbocycles. The van der Waals surface area contributed by atoms with Crippen molar-refractivity contribution < 1.29 is 4.79 Å². The Morgan fingerprint density at radius 3 is 2.38 bits per heavy atom. The van der Waals surface area contributed by atoms with Gasteiger partial charge in [0.15, 0.2) is 0 Å². The molecule has 26 heavy (non-hydrogen) atoms. The monoisotopic (exact) mass is 345 g/mol. The summed E-state index contributed by atoms with van der Waals surface area (Å²) in [5.41, 5.74) is 7.18. The second-order valence-electron chi connectivity index (χ2n) is 8.99. The summed E-state index contributed by atoms with van der Waals surface area (Å²) in [6.07, 6.45) is 3.81. The third kappa shape index (κ3) is 2.59. The molecule has 1 amide bonds. The van der Waals surface area contributed by atoms with Crippen LogP contribution in [0.2, 0.25) is 0 Å². The Balaban J connectivity index is 1.88. The summed E-state index contributed by atoms with van der Waals surface area (Å²) in [5, 5.41) is 0. The maximum atomic E-state index is 12.6. The van der Waals surface area contributed by atoms with Crippen LogP contribution in [0.5, 0.6) is 0 Å². The molecule has 1 unspecified atom stereocenters. The van der Waals surface area contributed by atoms with E-state index < -0.39 is 0 Å². The highest BCUT2D eigenvalue weighted by Crippen LogP contribution is 2.47. The van der Waals surface area contributed by atoms with Crippen LogP contribution in [-0.4, -0.2) is 11.4 Å². The van der Waals surface area contributed by atoms with Crippen LogP contribution in [-0.2, 0) is 10.2 Å². The second-order valence-corrected chi connectivity index (χ2v) is 8.99. The quantitative estimate of drug-likeness (QED) is 0.656. The Morgan fingerprint density at radius 2 is 1.73 bits per heavy atom. The standard InChI is InChI=1S/C24H27NO/c1-16-6-11-21-19(14-16)20(15-24(5)13-12-22(26)25(21)24)17-7-9-18(10-8-17)23(2,3)4/h6-11,14-15H,12-13H2,1-5H3. The van der Waals surface area contributed by atoms with Crippen molar-refractivity contribution in [3.63, 3.8) is 0 Å². The maximum absolute atomic E-state index is 12.6. The van der Waals surface area contributed by atoms with E-state index in [9.17, 15) is 4.79 Å². The van der Waals surface area contributed by atoms with Crippen molar-refractivity contribution in [2.75, 3.05) is 4.90 Å². The van der Waals surface area contributed by atoms with Gasteiger partial charge in [-0.05, 0) is 54.5 Å². The van der Waals surface area contributed by atoms with Gasteiger partial charge in [0, 0.05) is 12.0 Å². The van der Waals surface area contributed by atoms with Crippen molar-refractivity contribution in [2.45, 2.75) is 58.4 Å². The third-order valence-corrected chi connectivity index (χ3v) is 5.81. The highest BCUT2D eigenvalue weighted by Gasteiger charge is 2.44. The van der Waals surface area contributed by atoms with E-state index in [1.54, 1.807) is 0 Å². The summed E-state index contributed by atoms with van der Waals surface area (Å²) < 4.78 is 0. The number of hydrogen-bond donors (Lipinski definition) is 0. The van der Waals surface area contributed by atoms with Crippen molar-refractivity contribution >= 4 is 17.2 Å². The van der Waals surface area contributed by atoms with Crippen LogP contribution in [0.25, 0.3) is 5.57 Å². The molecular formula is C24H27NO. The zero-order valence-corrected chi connectivity index (χ0v) is 16.4. The van der Waals surface area contributed by atoms with Crippen molar-refractivity contribution in [2.24, 2.45) is 0 Å². The molecule has 134 valence electrons. The minimum atomic E-state index is -0.225. The fourth-order valence-electron chi connectivity index (χ4n) is 4.25. The largest absolute Gasteiger partial charge is 0.302 e. The van der Waals surface area contributed by atoms with Crippen LogP contribution in [0.15, 0.2) is 48.5 Å². The summed E-state index contributed by atoms with van der Waals surface area (Å²) in [6.45, 7) is 11.0. The van der Waals surface area contributed by atoms with Gasteiger partial charge in [0.1, 0.15) is 0 Å². The number of amides is 1. The molecule has 2 heterocycles. The predicted octanol–water partition coefficient (Wildman–Crippen LogP) is 5.62. The summed E-state index contributed by atoms with van der Waals surface area (Å²) >= 11 is 0. The molecule has 0 radical (unpaired) electrons. The van der Waals surface area contributed by atoms with Gasteiger partial charge in [-0.2, -0.15) is 0 Å². The van der Waals surface area contributed by atoms with E-state index in [0.29, 0.717) is 6.42 Å². The SMILES string of the molecule is Cc1ccc2c(c1)C(c1ccc(C(C)(C)C)cc1)=CC1(C)CCC(=O)N21. The predicted molar refractivity (Wildman–Crippen MR) is 109 cm³/mol. The van der Waals surface area contributed by atoms with Crippen LogP contribution in [0.3, 0.4) is 0 Å². The van der Waals surface area contributed by atoms with Crippen LogP contribution in [0.1, 0.15) is 62.8 Å². The number of nitrogens with zero attached hydrogens (tertiary/aromatic N) is 1. The lowest BCUT2D eigenvalue weighted by atomic mass is 9.82. The molecule has 0 N–H and O–H groups in total. The number of hydrogen-bond acceptors (Lipinski definition) is 1. The third-order valence-electron chi connectivity index (χ3n) is 5.81. The topological polar surface area (TPSA) is 20.3 Å². The van der Waals surface area contributed by atoms with E-state index in [2.05, 4.69) is 83.2 Å². The van der Waals surface area contributed by atoms with Gasteiger partial charge in [-0.15, -0.1) is 0 Å². The second kappa shape index (κ2) is 5.57. The number of aryl methyl sites for hydroxylation is 1. The minimum absolute atomic E-state index is 0.147. The van der Waals surface area contributed by atoms with Gasteiger partial charge in [-0.1, -0.05) is 62.7 Å². The maximum Gasteiger partial charge on any atom is 0.227 e. The molecule has 0 saturated carbocycles. The Labute approximate surface area is 156 Å². The molecule has 0 aliphatic carbocycles. The number of anilines is 1. The van der Waals surface area contributed by atoms with Gasteiger partial charge in [-0.25, -0.2) is 0 Å². The summed E-state index contributed by atoms with van der Waals surface area (Å²) in [4.78, 5) is 14.6. The highest BCUT2D eigenvalue weighted by atomic mass is 16.2. The molecule has 0 aromatic heterocycles. The van der Waals surface area contributed by atoms with E-state index >= 15 is 0 Å². The lowest BCUT2D eigenvalue weighted by Crippen LogP contribution is -2.44. The smallest absolute Gasteiger partial charge is 0.227 e. The summed E-state index contributed by atoms with van der Waals surface area (Å²) in [7, 11) is 0. The van der Waals surface area contributed by atoms with E-state index in [0.717, 1.165) is 12.1 Å². The fraction of sp³-hybridized carbons (Fsp3) is 0.375. The summed E-state index contributed by atoms with van der Waals surface area (Å²) in [6, 6.07) is 15.4. The lowest BCUT2D eigenvalue weighted by Gasteiger charge is -2.39. The number of carbonyl (C=O) groups excluding carboxylic acids is 1. The zero-order valence-electron chi connectivity index (χ0n) is 16.4. The molecule has 2 aliphatic rings. The first-order chi connectivity index (χ1) is 12.2. The molecule has 2 aliphatic heterocycles. The molecule has 1 atom stereocenters. The van der Waals surface area contributed by atoms with Crippen LogP contribution in [0.4, 0.5) is 5.69 Å². The molecule has 2 aromatic rings. The fourth-order valence-corrected chi connectivity index (χ4v) is 4.25. The van der Waals surface area contributed by atoms with E-state index in [-0.39, 0.29) is 16.9 Å². The molecule has 1 fully saturated rings. The molecular weight excluding hydrogens is 318 g/mol. The first-order valence-corrected chi connectivity index (χ1v) is 9.47. The van der Waals surface area contributed by atoms with Gasteiger partial charge in [0.25, 0.3) is 0 Å². The number of carbonyl (C=O) groups is 1. The van der Waals surface area contributed by atoms with Crippen molar-refractivity contribution in [1.29, 1.82) is 0 Å². The number of rotatable bonds is 1. The van der Waals surface area contributed by atoms with Crippen molar-refractivity contribution in [3.8, 4) is 0 Å². The normalized spacial score (nSPS) is 22.1. The molecule has 2 nitrogen and oxygen atoms in total. The van der Waals surface area contributed by atoms with Crippen LogP contribution >= 0.6 is 0 Å². The van der Waals surface area contributed by atoms with Crippen LogP contribution in [0, 0.1) is 6.92 Å².